The maximum absolute atomic E-state index is 12.9. The number of alkyl carbamates (subject to hydrolysis) is 1. The Labute approximate surface area is 193 Å². The van der Waals surface area contributed by atoms with Gasteiger partial charge in [0.2, 0.25) is 5.91 Å². The van der Waals surface area contributed by atoms with E-state index in [9.17, 15) is 14.4 Å². The Balaban J connectivity index is 1.39. The molecule has 0 radical (unpaired) electrons. The van der Waals surface area contributed by atoms with Gasteiger partial charge in [-0.1, -0.05) is 67.8 Å². The molecule has 2 aliphatic rings. The summed E-state index contributed by atoms with van der Waals surface area (Å²) in [6, 6.07) is 15.3. The number of carbonyl (C=O) groups excluding carboxylic acids is 2. The van der Waals surface area contributed by atoms with Crippen molar-refractivity contribution in [2.24, 2.45) is 5.41 Å². The van der Waals surface area contributed by atoms with Gasteiger partial charge in [-0.15, -0.1) is 0 Å². The minimum Gasteiger partial charge on any atom is -0.480 e. The maximum Gasteiger partial charge on any atom is 0.407 e. The molecule has 0 spiro atoms. The molecule has 7 nitrogen and oxygen atoms in total. The molecule has 0 saturated heterocycles. The molecule has 2 amide bonds. The van der Waals surface area contributed by atoms with Gasteiger partial charge in [-0.05, 0) is 42.0 Å². The molecule has 33 heavy (non-hydrogen) atoms. The molecule has 0 bridgehead atoms. The lowest BCUT2D eigenvalue weighted by Gasteiger charge is -2.36. The second-order valence-electron chi connectivity index (χ2n) is 9.05. The first-order valence-electron chi connectivity index (χ1n) is 11.5. The average molecular weight is 451 g/mol. The summed E-state index contributed by atoms with van der Waals surface area (Å²) >= 11 is 0. The highest BCUT2D eigenvalue weighted by molar-refractivity contribution is 5.88. The maximum atomic E-state index is 12.9. The number of amides is 2. The van der Waals surface area contributed by atoms with Crippen molar-refractivity contribution in [3.05, 3.63) is 59.7 Å². The first kappa shape index (κ1) is 22.8. The molecule has 0 aliphatic heterocycles. The second-order valence-corrected chi connectivity index (χ2v) is 9.05. The number of fused-ring (bicyclic) bond motifs is 3. The molecule has 174 valence electrons. The van der Waals surface area contributed by atoms with Crippen LogP contribution in [0.15, 0.2) is 48.5 Å². The topological polar surface area (TPSA) is 105 Å². The summed E-state index contributed by atoms with van der Waals surface area (Å²) in [5.41, 5.74) is 3.78. The lowest BCUT2D eigenvalue weighted by Crippen LogP contribution is -2.52. The largest absolute Gasteiger partial charge is 0.480 e. The molecule has 2 aromatic carbocycles. The molecule has 2 aliphatic carbocycles. The molecule has 0 heterocycles. The van der Waals surface area contributed by atoms with E-state index in [4.69, 9.17) is 9.84 Å². The summed E-state index contributed by atoms with van der Waals surface area (Å²) in [6.07, 6.45) is 3.39. The fourth-order valence-corrected chi connectivity index (χ4v) is 5.01. The van der Waals surface area contributed by atoms with E-state index in [1.165, 1.54) is 6.92 Å². The Morgan fingerprint density at radius 1 is 1.00 bits per heavy atom. The van der Waals surface area contributed by atoms with Gasteiger partial charge in [0.15, 0.2) is 0 Å². The third-order valence-corrected chi connectivity index (χ3v) is 6.93. The summed E-state index contributed by atoms with van der Waals surface area (Å²) in [5, 5.41) is 14.5. The second kappa shape index (κ2) is 9.65. The van der Waals surface area contributed by atoms with Gasteiger partial charge in [-0.3, -0.25) is 9.59 Å². The lowest BCUT2D eigenvalue weighted by atomic mass is 9.73. The molecule has 1 fully saturated rings. The number of rotatable bonds is 7. The van der Waals surface area contributed by atoms with Crippen LogP contribution in [-0.4, -0.2) is 42.3 Å². The predicted octanol–water partition coefficient (Wildman–Crippen LogP) is 4.06. The zero-order valence-corrected chi connectivity index (χ0v) is 18.8. The number of carboxylic acids is 1. The summed E-state index contributed by atoms with van der Waals surface area (Å²) in [4.78, 5) is 36.7. The van der Waals surface area contributed by atoms with E-state index in [0.717, 1.165) is 41.5 Å². The first-order valence-corrected chi connectivity index (χ1v) is 11.5. The highest BCUT2D eigenvalue weighted by atomic mass is 16.5. The van der Waals surface area contributed by atoms with Crippen molar-refractivity contribution in [1.82, 2.24) is 10.6 Å². The quantitative estimate of drug-likeness (QED) is 0.590. The van der Waals surface area contributed by atoms with Gasteiger partial charge in [0.05, 0.1) is 5.41 Å². The van der Waals surface area contributed by atoms with Crippen molar-refractivity contribution in [3.63, 3.8) is 0 Å². The van der Waals surface area contributed by atoms with Crippen LogP contribution < -0.4 is 10.6 Å². The van der Waals surface area contributed by atoms with Gasteiger partial charge in [-0.25, -0.2) is 4.79 Å². The van der Waals surface area contributed by atoms with Crippen LogP contribution in [-0.2, 0) is 14.3 Å². The Morgan fingerprint density at radius 3 is 2.15 bits per heavy atom. The zero-order valence-electron chi connectivity index (χ0n) is 18.8. The Kier molecular flexibility index (Phi) is 6.67. The number of carboxylic acid groups (broad SMARTS) is 1. The first-order chi connectivity index (χ1) is 15.9. The van der Waals surface area contributed by atoms with Crippen molar-refractivity contribution < 1.29 is 24.2 Å². The van der Waals surface area contributed by atoms with Crippen LogP contribution in [0.4, 0.5) is 4.79 Å². The molecule has 0 aromatic heterocycles. The zero-order chi connectivity index (χ0) is 23.4. The van der Waals surface area contributed by atoms with Gasteiger partial charge in [-0.2, -0.15) is 0 Å². The normalized spacial score (nSPS) is 17.4. The fraction of sp³-hybridized carbons (Fsp3) is 0.423. The Morgan fingerprint density at radius 2 is 1.58 bits per heavy atom. The predicted molar refractivity (Wildman–Crippen MR) is 124 cm³/mol. The molecule has 3 N–H and O–H groups in total. The summed E-state index contributed by atoms with van der Waals surface area (Å²) in [7, 11) is 0. The fourth-order valence-electron chi connectivity index (χ4n) is 5.01. The molecular formula is C26H30N2O5. The molecule has 7 heteroatoms. The molecule has 2 aromatic rings. The number of ether oxygens (including phenoxy) is 1. The van der Waals surface area contributed by atoms with Crippen LogP contribution in [0, 0.1) is 5.41 Å². The standard InChI is InChI=1S/C26H30N2O5/c1-17(23(29)30)28-24(31)26(13-7-2-8-14-26)16-27-25(32)33-15-22-20-11-5-3-9-18(20)19-10-4-6-12-21(19)22/h3-6,9-12,17,22H,2,7-8,13-16H2,1H3,(H,27,32)(H,28,31)(H,29,30)/t17-/m1/s1. The van der Waals surface area contributed by atoms with Crippen molar-refractivity contribution in [3.8, 4) is 11.1 Å². The number of aliphatic carboxylic acids is 1. The minimum absolute atomic E-state index is 0.0356. The molecule has 4 rings (SSSR count). The molecule has 1 atom stereocenters. The van der Waals surface area contributed by atoms with Crippen LogP contribution >= 0.6 is 0 Å². The van der Waals surface area contributed by atoms with Gasteiger partial charge in [0, 0.05) is 12.5 Å². The smallest absolute Gasteiger partial charge is 0.407 e. The van der Waals surface area contributed by atoms with E-state index in [1.807, 2.05) is 24.3 Å². The SMILES string of the molecule is C[C@@H](NC(=O)C1(CNC(=O)OCC2c3ccccc3-c3ccccc32)CCCCC1)C(=O)O. The number of benzene rings is 2. The summed E-state index contributed by atoms with van der Waals surface area (Å²) in [6.45, 7) is 1.77. The van der Waals surface area contributed by atoms with Gasteiger partial charge >= 0.3 is 12.1 Å². The molecule has 0 unspecified atom stereocenters. The Hall–Kier alpha value is -3.35. The molecular weight excluding hydrogens is 420 g/mol. The van der Waals surface area contributed by atoms with Crippen molar-refractivity contribution in [2.75, 3.05) is 13.2 Å². The van der Waals surface area contributed by atoms with E-state index >= 15 is 0 Å². The van der Waals surface area contributed by atoms with Crippen molar-refractivity contribution in [2.45, 2.75) is 51.0 Å². The van der Waals surface area contributed by atoms with Crippen LogP contribution in [0.2, 0.25) is 0 Å². The monoisotopic (exact) mass is 450 g/mol. The third kappa shape index (κ3) is 4.72. The van der Waals surface area contributed by atoms with Gasteiger partial charge in [0.1, 0.15) is 12.6 Å². The number of hydrogen-bond donors (Lipinski definition) is 3. The number of carbonyl (C=O) groups is 3. The molecule has 1 saturated carbocycles. The van der Waals surface area contributed by atoms with Crippen LogP contribution in [0.5, 0.6) is 0 Å². The number of hydrogen-bond acceptors (Lipinski definition) is 4. The highest BCUT2D eigenvalue weighted by Crippen LogP contribution is 2.44. The van der Waals surface area contributed by atoms with Gasteiger partial charge < -0.3 is 20.5 Å². The van der Waals surface area contributed by atoms with Crippen LogP contribution in [0.3, 0.4) is 0 Å². The van der Waals surface area contributed by atoms with E-state index < -0.39 is 23.5 Å². The van der Waals surface area contributed by atoms with E-state index in [-0.39, 0.29) is 25.0 Å². The summed E-state index contributed by atoms with van der Waals surface area (Å²) < 4.78 is 5.60. The van der Waals surface area contributed by atoms with E-state index in [2.05, 4.69) is 34.9 Å². The van der Waals surface area contributed by atoms with Crippen LogP contribution in [0.1, 0.15) is 56.1 Å². The lowest BCUT2D eigenvalue weighted by molar-refractivity contribution is -0.144. The average Bonchev–Trinajstić information content (AvgIpc) is 3.15. The Bertz CT molecular complexity index is 999. The van der Waals surface area contributed by atoms with Crippen molar-refractivity contribution >= 4 is 18.0 Å². The van der Waals surface area contributed by atoms with Crippen molar-refractivity contribution in [1.29, 1.82) is 0 Å². The van der Waals surface area contributed by atoms with Crippen LogP contribution in [0.25, 0.3) is 11.1 Å². The highest BCUT2D eigenvalue weighted by Gasteiger charge is 2.41. The third-order valence-electron chi connectivity index (χ3n) is 6.93. The summed E-state index contributed by atoms with van der Waals surface area (Å²) in [5.74, 6) is -1.44. The van der Waals surface area contributed by atoms with Gasteiger partial charge in [0.25, 0.3) is 0 Å². The van der Waals surface area contributed by atoms with E-state index in [1.54, 1.807) is 0 Å². The number of nitrogens with one attached hydrogen (secondary N) is 2. The van der Waals surface area contributed by atoms with E-state index in [0.29, 0.717) is 12.8 Å². The minimum atomic E-state index is -1.08.